The lowest BCUT2D eigenvalue weighted by Gasteiger charge is -2.32. The van der Waals surface area contributed by atoms with Crippen LogP contribution in [0.1, 0.15) is 21.6 Å². The van der Waals surface area contributed by atoms with Crippen LogP contribution >= 0.6 is 23.7 Å². The molecule has 0 radical (unpaired) electrons. The Morgan fingerprint density at radius 2 is 2.03 bits per heavy atom. The fourth-order valence-corrected chi connectivity index (χ4v) is 5.81. The number of benzene rings is 1. The molecular weight excluding hydrogens is 510 g/mol. The van der Waals surface area contributed by atoms with Crippen LogP contribution in [-0.2, 0) is 22.6 Å². The number of nitrogens with zero attached hydrogens (tertiary/aromatic N) is 4. The monoisotopic (exact) mass is 541 g/mol. The van der Waals surface area contributed by atoms with Crippen LogP contribution in [-0.4, -0.2) is 78.1 Å². The van der Waals surface area contributed by atoms with Gasteiger partial charge in [-0.25, -0.2) is 9.78 Å². The van der Waals surface area contributed by atoms with Crippen LogP contribution in [0.5, 0.6) is 0 Å². The second-order valence-electron chi connectivity index (χ2n) is 9.26. The molecule has 2 aromatic heterocycles. The lowest BCUT2D eigenvalue weighted by molar-refractivity contribution is -0.125. The Labute approximate surface area is 227 Å². The first-order chi connectivity index (χ1) is 17.5. The molecule has 0 spiro atoms. The van der Waals surface area contributed by atoms with Gasteiger partial charge in [-0.05, 0) is 41.6 Å². The fraction of sp³-hybridized carbons (Fsp3) is 0.370. The van der Waals surface area contributed by atoms with E-state index in [0.717, 1.165) is 44.0 Å². The number of rotatable bonds is 7. The topological polar surface area (TPSA) is 78.0 Å². The molecule has 1 N–H and O–H groups in total. The highest BCUT2D eigenvalue weighted by Gasteiger charge is 2.24. The second kappa shape index (κ2) is 12.0. The second-order valence-corrected chi connectivity index (χ2v) is 10.4. The molecule has 1 saturated heterocycles. The van der Waals surface area contributed by atoms with Crippen molar-refractivity contribution in [2.75, 3.05) is 51.8 Å². The number of carbonyl (C=O) groups is 2. The Balaban J connectivity index is 0.00000320. The number of halogens is 1. The number of anilines is 1. The largest absolute Gasteiger partial charge is 0.379 e. The van der Waals surface area contributed by atoms with Crippen LogP contribution in [0.25, 0.3) is 16.2 Å². The van der Waals surface area contributed by atoms with Crippen LogP contribution in [0.3, 0.4) is 0 Å². The van der Waals surface area contributed by atoms with Crippen LogP contribution in [0.15, 0.2) is 42.6 Å². The van der Waals surface area contributed by atoms with E-state index in [1.165, 1.54) is 20.5 Å². The molecule has 8 nitrogen and oxygen atoms in total. The van der Waals surface area contributed by atoms with Gasteiger partial charge in [0.15, 0.2) is 0 Å². The predicted molar refractivity (Wildman–Crippen MR) is 150 cm³/mol. The normalized spacial score (nSPS) is 15.9. The van der Waals surface area contributed by atoms with E-state index in [4.69, 9.17) is 4.74 Å². The minimum absolute atomic E-state index is 0. The van der Waals surface area contributed by atoms with Crippen LogP contribution in [0.4, 0.5) is 10.6 Å². The molecular formula is C27H32ClN5O3S. The SMILES string of the molecule is Cc1c(CN(C)C(=O)C=Cc2cnc3c(c2)CN(CCN2CCOCC2)C(=O)N3)sc2ccccc12.Cl. The minimum Gasteiger partial charge on any atom is -0.379 e. The summed E-state index contributed by atoms with van der Waals surface area (Å²) in [6, 6.07) is 10.2. The van der Waals surface area contributed by atoms with E-state index < -0.39 is 0 Å². The summed E-state index contributed by atoms with van der Waals surface area (Å²) in [6.07, 6.45) is 5.06. The summed E-state index contributed by atoms with van der Waals surface area (Å²) in [7, 11) is 1.82. The zero-order chi connectivity index (χ0) is 25.1. The molecule has 37 heavy (non-hydrogen) atoms. The molecule has 10 heteroatoms. The van der Waals surface area contributed by atoms with E-state index in [2.05, 4.69) is 34.3 Å². The Morgan fingerprint density at radius 1 is 1.24 bits per heavy atom. The molecule has 1 fully saturated rings. The Morgan fingerprint density at radius 3 is 2.81 bits per heavy atom. The van der Waals surface area contributed by atoms with E-state index in [-0.39, 0.29) is 24.3 Å². The van der Waals surface area contributed by atoms with E-state index in [1.807, 2.05) is 25.2 Å². The van der Waals surface area contributed by atoms with Crippen molar-refractivity contribution >= 4 is 57.7 Å². The molecule has 3 aromatic rings. The van der Waals surface area contributed by atoms with Gasteiger partial charge in [-0.15, -0.1) is 23.7 Å². The Bertz CT molecular complexity index is 1300. The highest BCUT2D eigenvalue weighted by molar-refractivity contribution is 7.19. The van der Waals surface area contributed by atoms with Gasteiger partial charge < -0.3 is 14.5 Å². The van der Waals surface area contributed by atoms with Crippen molar-refractivity contribution in [1.29, 1.82) is 0 Å². The molecule has 0 saturated carbocycles. The van der Waals surface area contributed by atoms with Crippen LogP contribution in [0, 0.1) is 6.92 Å². The summed E-state index contributed by atoms with van der Waals surface area (Å²) in [5, 5.41) is 4.14. The zero-order valence-corrected chi connectivity index (χ0v) is 22.7. The Hall–Kier alpha value is -2.98. The van der Waals surface area contributed by atoms with Gasteiger partial charge in [-0.1, -0.05) is 18.2 Å². The average molecular weight is 542 g/mol. The van der Waals surface area contributed by atoms with Gasteiger partial charge in [0.25, 0.3) is 0 Å². The first kappa shape index (κ1) is 27.1. The summed E-state index contributed by atoms with van der Waals surface area (Å²) in [6.45, 7) is 7.93. The summed E-state index contributed by atoms with van der Waals surface area (Å²) < 4.78 is 6.64. The molecule has 0 aliphatic carbocycles. The highest BCUT2D eigenvalue weighted by Crippen LogP contribution is 2.31. The molecule has 0 bridgehead atoms. The van der Waals surface area contributed by atoms with Crippen molar-refractivity contribution in [3.05, 3.63) is 64.2 Å². The number of amides is 3. The number of fused-ring (bicyclic) bond motifs is 2. The summed E-state index contributed by atoms with van der Waals surface area (Å²) in [5.74, 6) is 0.522. The average Bonchev–Trinajstić information content (AvgIpc) is 3.21. The molecule has 2 aliphatic rings. The number of aryl methyl sites for hydroxylation is 1. The quantitative estimate of drug-likeness (QED) is 0.449. The number of hydrogen-bond acceptors (Lipinski definition) is 6. The van der Waals surface area contributed by atoms with Gasteiger partial charge >= 0.3 is 6.03 Å². The third-order valence-electron chi connectivity index (χ3n) is 6.77. The number of carbonyl (C=O) groups excluding carboxylic acids is 2. The third-order valence-corrected chi connectivity index (χ3v) is 8.03. The lowest BCUT2D eigenvalue weighted by Crippen LogP contribution is -2.45. The molecule has 4 heterocycles. The molecule has 0 atom stereocenters. The maximum Gasteiger partial charge on any atom is 0.323 e. The standard InChI is InChI=1S/C27H31N5O3S.ClH/c1-19-22-5-3-4-6-23(22)36-24(19)18-30(2)25(33)8-7-20-15-21-17-32(27(34)29-26(21)28-16-20)10-9-31-11-13-35-14-12-31;/h3-8,15-16H,9-14,17-18H2,1-2H3,(H,28,29,34);1H. The van der Waals surface area contributed by atoms with E-state index in [0.29, 0.717) is 25.5 Å². The van der Waals surface area contributed by atoms with Gasteiger partial charge in [-0.2, -0.15) is 0 Å². The number of ether oxygens (including phenoxy) is 1. The molecule has 3 amide bonds. The number of thiophene rings is 1. The molecule has 5 rings (SSSR count). The Kier molecular flexibility index (Phi) is 8.81. The first-order valence-electron chi connectivity index (χ1n) is 12.2. The maximum atomic E-state index is 12.8. The minimum atomic E-state index is -0.125. The summed E-state index contributed by atoms with van der Waals surface area (Å²) in [4.78, 5) is 36.8. The van der Waals surface area contributed by atoms with Gasteiger partial charge in [0.05, 0.1) is 26.3 Å². The molecule has 196 valence electrons. The van der Waals surface area contributed by atoms with Crippen molar-refractivity contribution in [3.8, 4) is 0 Å². The van der Waals surface area contributed by atoms with E-state index >= 15 is 0 Å². The van der Waals surface area contributed by atoms with E-state index in [9.17, 15) is 9.59 Å². The maximum absolute atomic E-state index is 12.8. The number of nitrogens with one attached hydrogen (secondary N) is 1. The summed E-state index contributed by atoms with van der Waals surface area (Å²) in [5.41, 5.74) is 3.01. The zero-order valence-electron chi connectivity index (χ0n) is 21.1. The van der Waals surface area contributed by atoms with Crippen molar-refractivity contribution in [3.63, 3.8) is 0 Å². The van der Waals surface area contributed by atoms with Gasteiger partial charge in [0.1, 0.15) is 5.82 Å². The van der Waals surface area contributed by atoms with Gasteiger partial charge in [0, 0.05) is 60.6 Å². The molecule has 0 unspecified atom stereocenters. The molecule has 2 aliphatic heterocycles. The summed E-state index contributed by atoms with van der Waals surface area (Å²) >= 11 is 1.74. The third kappa shape index (κ3) is 6.30. The van der Waals surface area contributed by atoms with Gasteiger partial charge in [0.2, 0.25) is 5.91 Å². The number of aromatic nitrogens is 1. The van der Waals surface area contributed by atoms with Crippen molar-refractivity contribution in [2.45, 2.75) is 20.0 Å². The lowest BCUT2D eigenvalue weighted by atomic mass is 10.1. The number of hydrogen-bond donors (Lipinski definition) is 1. The van der Waals surface area contributed by atoms with Crippen LogP contribution < -0.4 is 5.32 Å². The van der Waals surface area contributed by atoms with Crippen LogP contribution in [0.2, 0.25) is 0 Å². The van der Waals surface area contributed by atoms with Crippen molar-refractivity contribution in [1.82, 2.24) is 19.7 Å². The number of morpholine rings is 1. The molecule has 1 aromatic carbocycles. The highest BCUT2D eigenvalue weighted by atomic mass is 35.5. The number of pyridine rings is 1. The number of likely N-dealkylation sites (N-methyl/N-ethyl adjacent to an activating group) is 1. The van der Waals surface area contributed by atoms with Crippen molar-refractivity contribution in [2.24, 2.45) is 0 Å². The van der Waals surface area contributed by atoms with Crippen molar-refractivity contribution < 1.29 is 14.3 Å². The van der Waals surface area contributed by atoms with E-state index in [1.54, 1.807) is 39.5 Å². The number of urea groups is 1. The first-order valence-corrected chi connectivity index (χ1v) is 13.0. The fourth-order valence-electron chi connectivity index (χ4n) is 4.54. The van der Waals surface area contributed by atoms with Gasteiger partial charge in [-0.3, -0.25) is 15.0 Å². The smallest absolute Gasteiger partial charge is 0.323 e. The predicted octanol–water partition coefficient (Wildman–Crippen LogP) is 4.38.